The highest BCUT2D eigenvalue weighted by Crippen LogP contribution is 2.24. The van der Waals surface area contributed by atoms with Gasteiger partial charge in [0.1, 0.15) is 0 Å². The summed E-state index contributed by atoms with van der Waals surface area (Å²) in [6, 6.07) is 19.5. The molecule has 2 nitrogen and oxygen atoms in total. The molecule has 0 saturated heterocycles. The van der Waals surface area contributed by atoms with Gasteiger partial charge in [0.2, 0.25) is 5.95 Å². The fraction of sp³-hybridized carbons (Fsp3) is 0.118. The van der Waals surface area contributed by atoms with E-state index < -0.39 is 0 Å². The summed E-state index contributed by atoms with van der Waals surface area (Å²) in [5.41, 5.74) is 3.27. The van der Waals surface area contributed by atoms with Crippen LogP contribution >= 0.6 is 0 Å². The SMILES string of the molecule is Cc1c(-c2ccccc2)nn(Cc2ccccc2)c1F. The molecule has 1 aromatic heterocycles. The van der Waals surface area contributed by atoms with Crippen LogP contribution in [0.3, 0.4) is 0 Å². The quantitative estimate of drug-likeness (QED) is 0.699. The lowest BCUT2D eigenvalue weighted by atomic mass is 10.1. The molecule has 0 spiro atoms. The predicted octanol–water partition coefficient (Wildman–Crippen LogP) is 4.05. The smallest absolute Gasteiger partial charge is 0.215 e. The Bertz CT molecular complexity index is 703. The lowest BCUT2D eigenvalue weighted by Crippen LogP contribution is -2.04. The monoisotopic (exact) mass is 266 g/mol. The minimum Gasteiger partial charge on any atom is -0.234 e. The summed E-state index contributed by atoms with van der Waals surface area (Å²) in [5.74, 6) is -0.271. The Morgan fingerprint density at radius 2 is 1.55 bits per heavy atom. The number of aromatic nitrogens is 2. The zero-order valence-electron chi connectivity index (χ0n) is 11.3. The third kappa shape index (κ3) is 2.35. The number of hydrogen-bond acceptors (Lipinski definition) is 1. The van der Waals surface area contributed by atoms with Crippen LogP contribution in [0.5, 0.6) is 0 Å². The summed E-state index contributed by atoms with van der Waals surface area (Å²) in [5, 5.41) is 4.42. The molecule has 100 valence electrons. The molecule has 3 rings (SSSR count). The molecule has 0 amide bonds. The third-order valence-electron chi connectivity index (χ3n) is 3.33. The molecular formula is C17H15FN2. The second-order valence-electron chi connectivity index (χ2n) is 4.77. The van der Waals surface area contributed by atoms with Gasteiger partial charge < -0.3 is 0 Å². The maximum Gasteiger partial charge on any atom is 0.215 e. The van der Waals surface area contributed by atoms with E-state index in [0.717, 1.165) is 11.1 Å². The maximum absolute atomic E-state index is 14.3. The molecule has 3 heteroatoms. The van der Waals surface area contributed by atoms with E-state index in [9.17, 15) is 4.39 Å². The highest BCUT2D eigenvalue weighted by atomic mass is 19.1. The number of nitrogens with zero attached hydrogens (tertiary/aromatic N) is 2. The van der Waals surface area contributed by atoms with Gasteiger partial charge in [0.15, 0.2) is 0 Å². The maximum atomic E-state index is 14.3. The van der Waals surface area contributed by atoms with Crippen molar-refractivity contribution in [3.05, 3.63) is 77.7 Å². The van der Waals surface area contributed by atoms with Crippen LogP contribution in [0.15, 0.2) is 60.7 Å². The number of halogens is 1. The minimum atomic E-state index is -0.271. The van der Waals surface area contributed by atoms with Gasteiger partial charge in [-0.3, -0.25) is 0 Å². The first-order valence-electron chi connectivity index (χ1n) is 6.58. The molecule has 1 heterocycles. The molecule has 20 heavy (non-hydrogen) atoms. The van der Waals surface area contributed by atoms with E-state index in [1.165, 1.54) is 4.68 Å². The van der Waals surface area contributed by atoms with E-state index in [-0.39, 0.29) is 5.95 Å². The summed E-state index contributed by atoms with van der Waals surface area (Å²) in [6.07, 6.45) is 0. The van der Waals surface area contributed by atoms with Crippen LogP contribution in [0.25, 0.3) is 11.3 Å². The van der Waals surface area contributed by atoms with E-state index in [1.807, 2.05) is 60.7 Å². The molecule has 0 aliphatic rings. The number of rotatable bonds is 3. The molecule has 0 bridgehead atoms. The molecule has 0 saturated carbocycles. The Morgan fingerprint density at radius 1 is 0.950 bits per heavy atom. The molecule has 2 aromatic carbocycles. The van der Waals surface area contributed by atoms with E-state index in [1.54, 1.807) is 6.92 Å². The zero-order valence-corrected chi connectivity index (χ0v) is 11.3. The first-order chi connectivity index (χ1) is 9.75. The average molecular weight is 266 g/mol. The van der Waals surface area contributed by atoms with E-state index >= 15 is 0 Å². The van der Waals surface area contributed by atoms with Crippen molar-refractivity contribution >= 4 is 0 Å². The topological polar surface area (TPSA) is 17.8 Å². The van der Waals surface area contributed by atoms with Crippen LogP contribution in [0.4, 0.5) is 4.39 Å². The summed E-state index contributed by atoms with van der Waals surface area (Å²) >= 11 is 0. The largest absolute Gasteiger partial charge is 0.234 e. The average Bonchev–Trinajstić information content (AvgIpc) is 2.78. The van der Waals surface area contributed by atoms with Crippen molar-refractivity contribution in [2.75, 3.05) is 0 Å². The molecule has 0 atom stereocenters. The third-order valence-corrected chi connectivity index (χ3v) is 3.33. The number of benzene rings is 2. The van der Waals surface area contributed by atoms with Crippen LogP contribution in [-0.2, 0) is 6.54 Å². The van der Waals surface area contributed by atoms with Gasteiger partial charge in [-0.2, -0.15) is 9.49 Å². The van der Waals surface area contributed by atoms with Gasteiger partial charge in [-0.25, -0.2) is 4.68 Å². The highest BCUT2D eigenvalue weighted by Gasteiger charge is 2.15. The summed E-state index contributed by atoms with van der Waals surface area (Å²) in [4.78, 5) is 0. The van der Waals surface area contributed by atoms with Gasteiger partial charge in [0, 0.05) is 11.1 Å². The normalized spacial score (nSPS) is 10.7. The molecule has 0 radical (unpaired) electrons. The van der Waals surface area contributed by atoms with Crippen molar-refractivity contribution in [3.8, 4) is 11.3 Å². The van der Waals surface area contributed by atoms with Crippen molar-refractivity contribution in [1.82, 2.24) is 9.78 Å². The number of hydrogen-bond donors (Lipinski definition) is 0. The Morgan fingerprint density at radius 3 is 2.20 bits per heavy atom. The lowest BCUT2D eigenvalue weighted by Gasteiger charge is -2.02. The van der Waals surface area contributed by atoms with Gasteiger partial charge in [-0.05, 0) is 12.5 Å². The standard InChI is InChI=1S/C17H15FN2/c1-13-16(15-10-6-3-7-11-15)19-20(17(13)18)12-14-8-4-2-5-9-14/h2-11H,12H2,1H3. The second-order valence-corrected chi connectivity index (χ2v) is 4.77. The van der Waals surface area contributed by atoms with E-state index in [4.69, 9.17) is 0 Å². The van der Waals surface area contributed by atoms with Crippen LogP contribution in [0, 0.1) is 12.9 Å². The molecule has 0 fully saturated rings. The second kappa shape index (κ2) is 5.29. The summed E-state index contributed by atoms with van der Waals surface area (Å²) in [7, 11) is 0. The van der Waals surface area contributed by atoms with Crippen LogP contribution in [0.1, 0.15) is 11.1 Å². The van der Waals surface area contributed by atoms with Gasteiger partial charge >= 0.3 is 0 Å². The molecule has 3 aromatic rings. The van der Waals surface area contributed by atoms with Crippen molar-refractivity contribution < 1.29 is 4.39 Å². The molecule has 0 aliphatic carbocycles. The fourth-order valence-corrected chi connectivity index (χ4v) is 2.26. The van der Waals surface area contributed by atoms with Gasteiger partial charge in [-0.15, -0.1) is 0 Å². The Balaban J connectivity index is 1.98. The minimum absolute atomic E-state index is 0.271. The Hall–Kier alpha value is -2.42. The van der Waals surface area contributed by atoms with E-state index in [0.29, 0.717) is 17.8 Å². The lowest BCUT2D eigenvalue weighted by molar-refractivity contribution is 0.476. The molecule has 0 unspecified atom stereocenters. The van der Waals surface area contributed by atoms with Gasteiger partial charge in [-0.1, -0.05) is 60.7 Å². The predicted molar refractivity (Wildman–Crippen MR) is 77.9 cm³/mol. The van der Waals surface area contributed by atoms with Gasteiger partial charge in [0.25, 0.3) is 0 Å². The molecule has 0 N–H and O–H groups in total. The van der Waals surface area contributed by atoms with Crippen molar-refractivity contribution in [1.29, 1.82) is 0 Å². The van der Waals surface area contributed by atoms with E-state index in [2.05, 4.69) is 5.10 Å². The Kier molecular flexibility index (Phi) is 3.33. The first kappa shape index (κ1) is 12.6. The van der Waals surface area contributed by atoms with Crippen molar-refractivity contribution in [2.24, 2.45) is 0 Å². The first-order valence-corrected chi connectivity index (χ1v) is 6.58. The van der Waals surface area contributed by atoms with Gasteiger partial charge in [0.05, 0.1) is 12.2 Å². The van der Waals surface area contributed by atoms with Crippen LogP contribution < -0.4 is 0 Å². The Labute approximate surface area is 117 Å². The highest BCUT2D eigenvalue weighted by molar-refractivity contribution is 5.62. The molecular weight excluding hydrogens is 251 g/mol. The van der Waals surface area contributed by atoms with Crippen LogP contribution in [-0.4, -0.2) is 9.78 Å². The van der Waals surface area contributed by atoms with Crippen molar-refractivity contribution in [2.45, 2.75) is 13.5 Å². The van der Waals surface area contributed by atoms with Crippen molar-refractivity contribution in [3.63, 3.8) is 0 Å². The summed E-state index contributed by atoms with van der Waals surface area (Å²) in [6.45, 7) is 2.21. The molecule has 0 aliphatic heterocycles. The fourth-order valence-electron chi connectivity index (χ4n) is 2.26. The van der Waals surface area contributed by atoms with Crippen LogP contribution in [0.2, 0.25) is 0 Å². The summed E-state index contributed by atoms with van der Waals surface area (Å²) < 4.78 is 15.7. The zero-order chi connectivity index (χ0) is 13.9.